The van der Waals surface area contributed by atoms with Gasteiger partial charge in [-0.3, -0.25) is 0 Å². The minimum Gasteiger partial charge on any atom is -0.481 e. The fourth-order valence-corrected chi connectivity index (χ4v) is 1.28. The summed E-state index contributed by atoms with van der Waals surface area (Å²) >= 11 is 0. The van der Waals surface area contributed by atoms with Crippen molar-refractivity contribution in [2.24, 2.45) is 0 Å². The van der Waals surface area contributed by atoms with Crippen molar-refractivity contribution in [3.05, 3.63) is 18.3 Å². The summed E-state index contributed by atoms with van der Waals surface area (Å²) < 4.78 is 10.4. The lowest BCUT2D eigenvalue weighted by molar-refractivity contribution is 0.134. The minimum atomic E-state index is 0.632. The highest BCUT2D eigenvalue weighted by atomic mass is 16.5. The van der Waals surface area contributed by atoms with Crippen molar-refractivity contribution < 1.29 is 9.47 Å². The van der Waals surface area contributed by atoms with Gasteiger partial charge in [-0.25, -0.2) is 4.98 Å². The Balaban J connectivity index is 2.16. The maximum absolute atomic E-state index is 5.39. The fraction of sp³-hybridized carbons (Fsp3) is 0.583. The van der Waals surface area contributed by atoms with E-state index in [2.05, 4.69) is 17.2 Å². The van der Waals surface area contributed by atoms with Crippen molar-refractivity contribution >= 4 is 5.69 Å². The van der Waals surface area contributed by atoms with Crippen LogP contribution in [0.5, 0.6) is 5.88 Å². The highest BCUT2D eigenvalue weighted by Gasteiger charge is 1.95. The summed E-state index contributed by atoms with van der Waals surface area (Å²) in [6, 6.07) is 3.81. The molecule has 0 bridgehead atoms. The van der Waals surface area contributed by atoms with Gasteiger partial charge in [0.25, 0.3) is 0 Å². The number of nitrogens with zero attached hydrogens (tertiary/aromatic N) is 1. The van der Waals surface area contributed by atoms with E-state index in [1.807, 2.05) is 12.1 Å². The number of ether oxygens (including phenoxy) is 2. The fourth-order valence-electron chi connectivity index (χ4n) is 1.28. The third kappa shape index (κ3) is 4.98. The molecule has 0 aromatic carbocycles. The molecule has 0 radical (unpaired) electrons. The van der Waals surface area contributed by atoms with Gasteiger partial charge in [0.15, 0.2) is 0 Å². The molecule has 0 aliphatic heterocycles. The minimum absolute atomic E-state index is 0.632. The number of pyridine rings is 1. The number of methoxy groups -OCH3 is 1. The van der Waals surface area contributed by atoms with Crippen molar-refractivity contribution in [1.29, 1.82) is 0 Å². The summed E-state index contributed by atoms with van der Waals surface area (Å²) in [5.74, 6) is 0.632. The zero-order valence-corrected chi connectivity index (χ0v) is 10.0. The lowest BCUT2D eigenvalue weighted by atomic mass is 10.3. The molecule has 4 nitrogen and oxygen atoms in total. The van der Waals surface area contributed by atoms with Crippen molar-refractivity contribution in [2.75, 3.05) is 32.2 Å². The molecule has 0 amide bonds. The number of hydrogen-bond acceptors (Lipinski definition) is 4. The van der Waals surface area contributed by atoms with Crippen molar-refractivity contribution in [3.63, 3.8) is 0 Å². The second kappa shape index (κ2) is 7.93. The van der Waals surface area contributed by atoms with E-state index in [0.717, 1.165) is 38.3 Å². The lowest BCUT2D eigenvalue weighted by Gasteiger charge is -2.07. The van der Waals surface area contributed by atoms with Crippen LogP contribution in [0.4, 0.5) is 5.69 Å². The Kier molecular flexibility index (Phi) is 6.33. The highest BCUT2D eigenvalue weighted by molar-refractivity contribution is 5.44. The van der Waals surface area contributed by atoms with Crippen LogP contribution in [0.15, 0.2) is 18.3 Å². The van der Waals surface area contributed by atoms with Crippen LogP contribution in [0, 0.1) is 0 Å². The zero-order valence-electron chi connectivity index (χ0n) is 10.0. The number of hydrogen-bond donors (Lipinski definition) is 1. The third-order valence-electron chi connectivity index (χ3n) is 2.09. The summed E-state index contributed by atoms with van der Waals surface area (Å²) in [5, 5.41) is 3.30. The Bertz CT molecular complexity index is 292. The maximum Gasteiger partial charge on any atom is 0.214 e. The van der Waals surface area contributed by atoms with Crippen LogP contribution in [0.3, 0.4) is 0 Å². The molecule has 0 fully saturated rings. The Labute approximate surface area is 97.0 Å². The maximum atomic E-state index is 5.39. The number of anilines is 1. The largest absolute Gasteiger partial charge is 0.481 e. The second-order valence-electron chi connectivity index (χ2n) is 3.48. The van der Waals surface area contributed by atoms with Gasteiger partial charge < -0.3 is 14.8 Å². The van der Waals surface area contributed by atoms with Crippen LogP contribution >= 0.6 is 0 Å². The molecule has 0 spiro atoms. The number of nitrogens with one attached hydrogen (secondary N) is 1. The van der Waals surface area contributed by atoms with E-state index in [4.69, 9.17) is 9.47 Å². The second-order valence-corrected chi connectivity index (χ2v) is 3.48. The first-order valence-corrected chi connectivity index (χ1v) is 5.68. The molecule has 1 N–H and O–H groups in total. The summed E-state index contributed by atoms with van der Waals surface area (Å²) in [6.07, 6.45) is 3.81. The summed E-state index contributed by atoms with van der Waals surface area (Å²) in [6.45, 7) is 4.67. The van der Waals surface area contributed by atoms with Crippen LogP contribution in [0.2, 0.25) is 0 Å². The van der Waals surface area contributed by atoms with E-state index in [-0.39, 0.29) is 0 Å². The van der Waals surface area contributed by atoms with E-state index >= 15 is 0 Å². The van der Waals surface area contributed by atoms with E-state index in [9.17, 15) is 0 Å². The molecule has 1 aromatic rings. The van der Waals surface area contributed by atoms with E-state index in [0.29, 0.717) is 5.88 Å². The molecule has 0 atom stereocenters. The molecular formula is C12H20N2O2. The molecule has 16 heavy (non-hydrogen) atoms. The molecule has 90 valence electrons. The standard InChI is InChI=1S/C12H20N2O2/c1-3-8-16-9-4-6-13-11-5-7-14-12(10-11)15-2/h5,7,10H,3-4,6,8-9H2,1-2H3,(H,13,14). The van der Waals surface area contributed by atoms with Gasteiger partial charge in [0, 0.05) is 37.7 Å². The van der Waals surface area contributed by atoms with Gasteiger partial charge in [-0.15, -0.1) is 0 Å². The van der Waals surface area contributed by atoms with E-state index < -0.39 is 0 Å². The van der Waals surface area contributed by atoms with Crippen LogP contribution in [0.25, 0.3) is 0 Å². The zero-order chi connectivity index (χ0) is 11.6. The van der Waals surface area contributed by atoms with Gasteiger partial charge in [0.2, 0.25) is 5.88 Å². The molecule has 0 saturated heterocycles. The topological polar surface area (TPSA) is 43.4 Å². The monoisotopic (exact) mass is 224 g/mol. The quantitative estimate of drug-likeness (QED) is 0.688. The first kappa shape index (κ1) is 12.8. The number of rotatable bonds is 8. The highest BCUT2D eigenvalue weighted by Crippen LogP contribution is 2.12. The van der Waals surface area contributed by atoms with Crippen molar-refractivity contribution in [2.45, 2.75) is 19.8 Å². The normalized spacial score (nSPS) is 10.1. The Morgan fingerprint density at radius 1 is 1.38 bits per heavy atom. The van der Waals surface area contributed by atoms with Crippen LogP contribution in [-0.4, -0.2) is 31.9 Å². The average Bonchev–Trinajstić information content (AvgIpc) is 2.34. The van der Waals surface area contributed by atoms with Crippen LogP contribution in [-0.2, 0) is 4.74 Å². The molecular weight excluding hydrogens is 204 g/mol. The predicted molar refractivity (Wildman–Crippen MR) is 65.0 cm³/mol. The van der Waals surface area contributed by atoms with Gasteiger partial charge in [0.05, 0.1) is 7.11 Å². The molecule has 4 heteroatoms. The van der Waals surface area contributed by atoms with Gasteiger partial charge in [-0.2, -0.15) is 0 Å². The smallest absolute Gasteiger partial charge is 0.214 e. The summed E-state index contributed by atoms with van der Waals surface area (Å²) in [5.41, 5.74) is 1.03. The molecule has 1 heterocycles. The Morgan fingerprint density at radius 3 is 3.00 bits per heavy atom. The molecule has 1 rings (SSSR count). The first-order chi connectivity index (χ1) is 7.86. The molecule has 0 saturated carbocycles. The van der Waals surface area contributed by atoms with E-state index in [1.54, 1.807) is 13.3 Å². The van der Waals surface area contributed by atoms with Crippen molar-refractivity contribution in [3.8, 4) is 5.88 Å². The van der Waals surface area contributed by atoms with Crippen molar-refractivity contribution in [1.82, 2.24) is 4.98 Å². The first-order valence-electron chi connectivity index (χ1n) is 5.68. The molecule has 1 aromatic heterocycles. The number of aromatic nitrogens is 1. The summed E-state index contributed by atoms with van der Waals surface area (Å²) in [4.78, 5) is 4.04. The van der Waals surface area contributed by atoms with Gasteiger partial charge in [0.1, 0.15) is 0 Å². The van der Waals surface area contributed by atoms with Gasteiger partial charge in [-0.05, 0) is 18.9 Å². The predicted octanol–water partition coefficient (Wildman–Crippen LogP) is 2.32. The average molecular weight is 224 g/mol. The van der Waals surface area contributed by atoms with E-state index in [1.165, 1.54) is 0 Å². The lowest BCUT2D eigenvalue weighted by Crippen LogP contribution is -2.06. The Morgan fingerprint density at radius 2 is 2.25 bits per heavy atom. The van der Waals surface area contributed by atoms with Gasteiger partial charge >= 0.3 is 0 Å². The molecule has 0 aliphatic rings. The van der Waals surface area contributed by atoms with Crippen LogP contribution < -0.4 is 10.1 Å². The van der Waals surface area contributed by atoms with Crippen LogP contribution in [0.1, 0.15) is 19.8 Å². The van der Waals surface area contributed by atoms with Gasteiger partial charge in [-0.1, -0.05) is 6.92 Å². The molecule has 0 unspecified atom stereocenters. The third-order valence-corrected chi connectivity index (χ3v) is 2.09. The SMILES string of the molecule is CCCOCCCNc1ccnc(OC)c1. The molecule has 0 aliphatic carbocycles. The Hall–Kier alpha value is -1.29. The summed E-state index contributed by atoms with van der Waals surface area (Å²) in [7, 11) is 1.62.